The zero-order valence-corrected chi connectivity index (χ0v) is 10.4. The molecule has 1 aromatic rings. The lowest BCUT2D eigenvalue weighted by Gasteiger charge is -2.15. The predicted molar refractivity (Wildman–Crippen MR) is 65.5 cm³/mol. The molecule has 2 rings (SSSR count). The number of anilines is 1. The van der Waals surface area contributed by atoms with Crippen LogP contribution in [-0.2, 0) is 10.0 Å². The quantitative estimate of drug-likeness (QED) is 0.500. The summed E-state index contributed by atoms with van der Waals surface area (Å²) in [6.45, 7) is 0.794. The average Bonchev–Trinajstić information content (AvgIpc) is 2.82. The maximum atomic E-state index is 12.3. The van der Waals surface area contributed by atoms with Crippen molar-refractivity contribution < 1.29 is 13.3 Å². The second kappa shape index (κ2) is 4.54. The van der Waals surface area contributed by atoms with Crippen LogP contribution in [0.4, 0.5) is 11.4 Å². The molecule has 1 aliphatic heterocycles. The van der Waals surface area contributed by atoms with Gasteiger partial charge < -0.3 is 5.73 Å². The molecule has 0 atom stereocenters. The van der Waals surface area contributed by atoms with E-state index in [1.165, 1.54) is 22.5 Å². The van der Waals surface area contributed by atoms with Gasteiger partial charge in [-0.1, -0.05) is 6.07 Å². The number of nitro groups is 1. The molecule has 0 aliphatic carbocycles. The lowest BCUT2D eigenvalue weighted by Crippen LogP contribution is -2.28. The Morgan fingerprint density at radius 2 is 1.89 bits per heavy atom. The zero-order chi connectivity index (χ0) is 13.3. The van der Waals surface area contributed by atoms with Gasteiger partial charge in [-0.3, -0.25) is 10.1 Å². The molecule has 1 aliphatic rings. The molecule has 0 unspecified atom stereocenters. The van der Waals surface area contributed by atoms with Gasteiger partial charge in [0.25, 0.3) is 0 Å². The van der Waals surface area contributed by atoms with Crippen molar-refractivity contribution in [2.75, 3.05) is 18.8 Å². The summed E-state index contributed by atoms with van der Waals surface area (Å²) in [6.07, 6.45) is 1.55. The molecule has 2 N–H and O–H groups in total. The van der Waals surface area contributed by atoms with Crippen molar-refractivity contribution in [1.82, 2.24) is 4.31 Å². The van der Waals surface area contributed by atoms with Crippen molar-refractivity contribution in [3.63, 3.8) is 0 Å². The van der Waals surface area contributed by atoms with Crippen LogP contribution in [0.2, 0.25) is 0 Å². The molecule has 0 aromatic heterocycles. The van der Waals surface area contributed by atoms with Crippen LogP contribution in [-0.4, -0.2) is 30.7 Å². The monoisotopic (exact) mass is 271 g/mol. The molecule has 7 nitrogen and oxygen atoms in total. The first-order chi connectivity index (χ1) is 8.44. The number of nitro benzene ring substituents is 1. The fourth-order valence-corrected chi connectivity index (χ4v) is 3.71. The Morgan fingerprint density at radius 1 is 1.28 bits per heavy atom. The number of nitrogen functional groups attached to an aromatic ring is 1. The Kier molecular flexibility index (Phi) is 3.22. The average molecular weight is 271 g/mol. The Morgan fingerprint density at radius 3 is 2.44 bits per heavy atom. The molecule has 1 saturated heterocycles. The maximum Gasteiger partial charge on any atom is 0.312 e. The molecule has 0 bridgehead atoms. The highest BCUT2D eigenvalue weighted by Crippen LogP contribution is 2.32. The van der Waals surface area contributed by atoms with Crippen LogP contribution >= 0.6 is 0 Å². The molecular formula is C10H13N3O4S. The number of nitrogens with zero attached hydrogens (tertiary/aromatic N) is 2. The van der Waals surface area contributed by atoms with E-state index >= 15 is 0 Å². The summed E-state index contributed by atoms with van der Waals surface area (Å²) in [7, 11) is -3.83. The van der Waals surface area contributed by atoms with Crippen LogP contribution in [0.15, 0.2) is 23.1 Å². The standard InChI is InChI=1S/C10H13N3O4S/c11-8-4-3-5-9(10(8)13(14)15)18(16,17)12-6-1-2-7-12/h3-5H,1-2,6-7,11H2. The first-order valence-corrected chi connectivity index (χ1v) is 6.91. The van der Waals surface area contributed by atoms with Crippen LogP contribution < -0.4 is 5.73 Å². The molecule has 1 fully saturated rings. The van der Waals surface area contributed by atoms with Crippen LogP contribution in [0.1, 0.15) is 12.8 Å². The van der Waals surface area contributed by atoms with Gasteiger partial charge in [0.15, 0.2) is 4.90 Å². The highest BCUT2D eigenvalue weighted by atomic mass is 32.2. The summed E-state index contributed by atoms with van der Waals surface area (Å²) in [5.74, 6) is 0. The summed E-state index contributed by atoms with van der Waals surface area (Å²) in [5, 5.41) is 10.9. The molecular weight excluding hydrogens is 258 g/mol. The Bertz CT molecular complexity index is 579. The molecule has 0 saturated carbocycles. The second-order valence-corrected chi connectivity index (χ2v) is 5.97. The van der Waals surface area contributed by atoms with Gasteiger partial charge in [-0.25, -0.2) is 8.42 Å². The third kappa shape index (κ3) is 2.04. The number of rotatable bonds is 3. The lowest BCUT2D eigenvalue weighted by atomic mass is 10.3. The first-order valence-electron chi connectivity index (χ1n) is 5.47. The van der Waals surface area contributed by atoms with E-state index in [2.05, 4.69) is 0 Å². The van der Waals surface area contributed by atoms with E-state index in [-0.39, 0.29) is 10.6 Å². The van der Waals surface area contributed by atoms with Gasteiger partial charge in [-0.05, 0) is 25.0 Å². The molecule has 0 radical (unpaired) electrons. The van der Waals surface area contributed by atoms with Gasteiger partial charge in [0.2, 0.25) is 10.0 Å². The van der Waals surface area contributed by atoms with E-state index in [1.54, 1.807) is 0 Å². The van der Waals surface area contributed by atoms with Gasteiger partial charge in [-0.15, -0.1) is 0 Å². The van der Waals surface area contributed by atoms with Gasteiger partial charge in [0, 0.05) is 13.1 Å². The fourth-order valence-electron chi connectivity index (χ4n) is 2.01. The molecule has 8 heteroatoms. The largest absolute Gasteiger partial charge is 0.393 e. The highest BCUT2D eigenvalue weighted by Gasteiger charge is 2.34. The van der Waals surface area contributed by atoms with Crippen LogP contribution in [0.5, 0.6) is 0 Å². The van der Waals surface area contributed by atoms with Crippen LogP contribution in [0.3, 0.4) is 0 Å². The molecule has 0 spiro atoms. The van der Waals surface area contributed by atoms with Crippen LogP contribution in [0, 0.1) is 10.1 Å². The maximum absolute atomic E-state index is 12.3. The lowest BCUT2D eigenvalue weighted by molar-refractivity contribution is -0.386. The minimum Gasteiger partial charge on any atom is -0.393 e. The van der Waals surface area contributed by atoms with E-state index in [9.17, 15) is 18.5 Å². The summed E-state index contributed by atoms with van der Waals surface area (Å²) in [4.78, 5) is 9.87. The third-order valence-corrected chi connectivity index (χ3v) is 4.83. The van der Waals surface area contributed by atoms with Crippen molar-refractivity contribution >= 4 is 21.4 Å². The number of hydrogen-bond donors (Lipinski definition) is 1. The van der Waals surface area contributed by atoms with Crippen molar-refractivity contribution in [1.29, 1.82) is 0 Å². The normalized spacial score (nSPS) is 16.9. The SMILES string of the molecule is Nc1cccc(S(=O)(=O)N2CCCC2)c1[N+](=O)[O-]. The third-order valence-electron chi connectivity index (χ3n) is 2.90. The van der Waals surface area contributed by atoms with E-state index in [4.69, 9.17) is 5.73 Å². The highest BCUT2D eigenvalue weighted by molar-refractivity contribution is 7.89. The summed E-state index contributed by atoms with van der Waals surface area (Å²) in [5.41, 5.74) is 4.82. The Hall–Kier alpha value is -1.67. The molecule has 18 heavy (non-hydrogen) atoms. The molecule has 1 heterocycles. The summed E-state index contributed by atoms with van der Waals surface area (Å²) < 4.78 is 25.8. The minimum absolute atomic E-state index is 0.139. The van der Waals surface area contributed by atoms with Crippen molar-refractivity contribution in [3.8, 4) is 0 Å². The summed E-state index contributed by atoms with van der Waals surface area (Å²) >= 11 is 0. The molecule has 0 amide bonds. The first kappa shape index (κ1) is 12.8. The van der Waals surface area contributed by atoms with Crippen molar-refractivity contribution in [2.45, 2.75) is 17.7 Å². The van der Waals surface area contributed by atoms with Gasteiger partial charge in [0.05, 0.1) is 4.92 Å². The van der Waals surface area contributed by atoms with E-state index in [0.717, 1.165) is 12.8 Å². The van der Waals surface area contributed by atoms with Crippen molar-refractivity contribution in [2.24, 2.45) is 0 Å². The Balaban J connectivity index is 2.57. The van der Waals surface area contributed by atoms with Crippen LogP contribution in [0.25, 0.3) is 0 Å². The summed E-state index contributed by atoms with van der Waals surface area (Å²) in [6, 6.07) is 3.95. The number of benzene rings is 1. The fraction of sp³-hybridized carbons (Fsp3) is 0.400. The number of nitrogens with two attached hydrogens (primary N) is 1. The smallest absolute Gasteiger partial charge is 0.312 e. The number of hydrogen-bond acceptors (Lipinski definition) is 5. The zero-order valence-electron chi connectivity index (χ0n) is 9.57. The van der Waals surface area contributed by atoms with Gasteiger partial charge >= 0.3 is 5.69 Å². The number of para-hydroxylation sites is 1. The number of sulfonamides is 1. The molecule has 98 valence electrons. The Labute approximate surface area is 104 Å². The molecule has 1 aromatic carbocycles. The second-order valence-electron chi connectivity index (χ2n) is 4.06. The van der Waals surface area contributed by atoms with E-state index in [1.807, 2.05) is 0 Å². The van der Waals surface area contributed by atoms with Crippen molar-refractivity contribution in [3.05, 3.63) is 28.3 Å². The topological polar surface area (TPSA) is 107 Å². The van der Waals surface area contributed by atoms with Gasteiger partial charge in [-0.2, -0.15) is 4.31 Å². The van der Waals surface area contributed by atoms with E-state index in [0.29, 0.717) is 13.1 Å². The predicted octanol–water partition coefficient (Wildman–Crippen LogP) is 0.962. The van der Waals surface area contributed by atoms with E-state index < -0.39 is 20.6 Å². The van der Waals surface area contributed by atoms with Gasteiger partial charge in [0.1, 0.15) is 5.69 Å². The minimum atomic E-state index is -3.83.